The maximum absolute atomic E-state index is 11.3. The number of hydrogen-bond donors (Lipinski definition) is 0. The van der Waals surface area contributed by atoms with Gasteiger partial charge in [-0.25, -0.2) is 9.78 Å². The Morgan fingerprint density at radius 2 is 2.23 bits per heavy atom. The van der Waals surface area contributed by atoms with Gasteiger partial charge in [-0.1, -0.05) is 6.07 Å². The molecular formula is C9H6BrNO2. The van der Waals surface area contributed by atoms with Gasteiger partial charge in [-0.3, -0.25) is 0 Å². The second kappa shape index (κ2) is 2.96. The van der Waals surface area contributed by atoms with Crippen molar-refractivity contribution in [1.82, 2.24) is 4.98 Å². The number of hydrogen-bond acceptors (Lipinski definition) is 3. The molecule has 0 saturated heterocycles. The van der Waals surface area contributed by atoms with E-state index in [1.165, 1.54) is 0 Å². The summed E-state index contributed by atoms with van der Waals surface area (Å²) in [5.74, 6) is 0.379. The molecular weight excluding hydrogens is 234 g/mol. The van der Waals surface area contributed by atoms with Crippen LogP contribution < -0.4 is 5.63 Å². The van der Waals surface area contributed by atoms with Crippen molar-refractivity contribution in [3.63, 3.8) is 0 Å². The highest BCUT2D eigenvalue weighted by molar-refractivity contribution is 9.10. The Morgan fingerprint density at radius 1 is 1.46 bits per heavy atom. The van der Waals surface area contributed by atoms with Crippen molar-refractivity contribution in [3.05, 3.63) is 39.0 Å². The number of nitrogens with zero attached hydrogens (tertiary/aromatic N) is 1. The fourth-order valence-corrected chi connectivity index (χ4v) is 1.62. The zero-order chi connectivity index (χ0) is 9.42. The first-order chi connectivity index (χ1) is 6.18. The van der Waals surface area contributed by atoms with Crippen molar-refractivity contribution in [2.24, 2.45) is 0 Å². The van der Waals surface area contributed by atoms with E-state index in [0.29, 0.717) is 16.8 Å². The second-order valence-corrected chi connectivity index (χ2v) is 3.51. The molecule has 66 valence electrons. The lowest BCUT2D eigenvalue weighted by atomic mass is 10.2. The maximum atomic E-state index is 11.3. The third-order valence-electron chi connectivity index (χ3n) is 1.72. The van der Waals surface area contributed by atoms with Crippen LogP contribution in [0.15, 0.2) is 31.9 Å². The highest BCUT2D eigenvalue weighted by Gasteiger charge is 2.05. The molecule has 0 atom stereocenters. The van der Waals surface area contributed by atoms with E-state index in [1.54, 1.807) is 19.1 Å². The van der Waals surface area contributed by atoms with Crippen molar-refractivity contribution in [3.8, 4) is 0 Å². The van der Waals surface area contributed by atoms with Crippen LogP contribution in [-0.4, -0.2) is 4.98 Å². The molecule has 3 nitrogen and oxygen atoms in total. The first kappa shape index (κ1) is 8.44. The van der Waals surface area contributed by atoms with E-state index in [-0.39, 0.29) is 5.63 Å². The monoisotopic (exact) mass is 239 g/mol. The van der Waals surface area contributed by atoms with Gasteiger partial charge in [0, 0.05) is 11.4 Å². The standard InChI is InChI=1S/C9H6BrNO2/c1-5-11-8-6(9(12)13-5)3-2-4-7(8)10/h2-4H,1H3. The van der Waals surface area contributed by atoms with Gasteiger partial charge in [0.1, 0.15) is 0 Å². The Labute approximate surface area is 82.5 Å². The molecule has 0 N–H and O–H groups in total. The normalized spacial score (nSPS) is 10.6. The molecule has 2 aromatic rings. The summed E-state index contributed by atoms with van der Waals surface area (Å²) in [4.78, 5) is 15.4. The predicted octanol–water partition coefficient (Wildman–Crippen LogP) is 2.26. The van der Waals surface area contributed by atoms with E-state index in [2.05, 4.69) is 20.9 Å². The maximum Gasteiger partial charge on any atom is 0.346 e. The molecule has 0 radical (unpaired) electrons. The molecule has 0 aliphatic carbocycles. The summed E-state index contributed by atoms with van der Waals surface area (Å²) in [5, 5.41) is 0.500. The molecule has 1 heterocycles. The number of rotatable bonds is 0. The van der Waals surface area contributed by atoms with Gasteiger partial charge in [-0.05, 0) is 28.1 Å². The van der Waals surface area contributed by atoms with Crippen LogP contribution in [0.1, 0.15) is 5.89 Å². The van der Waals surface area contributed by atoms with E-state index in [0.717, 1.165) is 4.47 Å². The van der Waals surface area contributed by atoms with E-state index in [4.69, 9.17) is 4.42 Å². The van der Waals surface area contributed by atoms with Crippen molar-refractivity contribution < 1.29 is 4.42 Å². The average Bonchev–Trinajstić information content (AvgIpc) is 2.07. The highest BCUT2D eigenvalue weighted by atomic mass is 79.9. The van der Waals surface area contributed by atoms with Gasteiger partial charge in [0.05, 0.1) is 10.9 Å². The van der Waals surface area contributed by atoms with Crippen LogP contribution in [0.3, 0.4) is 0 Å². The lowest BCUT2D eigenvalue weighted by Crippen LogP contribution is -2.02. The van der Waals surface area contributed by atoms with E-state index in [9.17, 15) is 4.79 Å². The van der Waals surface area contributed by atoms with E-state index < -0.39 is 0 Å². The van der Waals surface area contributed by atoms with Crippen LogP contribution in [0.4, 0.5) is 0 Å². The number of fused-ring (bicyclic) bond motifs is 1. The smallest absolute Gasteiger partial charge is 0.346 e. The van der Waals surface area contributed by atoms with Gasteiger partial charge in [-0.2, -0.15) is 0 Å². The molecule has 2 rings (SSSR count). The van der Waals surface area contributed by atoms with Crippen LogP contribution >= 0.6 is 15.9 Å². The summed E-state index contributed by atoms with van der Waals surface area (Å²) in [6, 6.07) is 5.31. The molecule has 1 aromatic carbocycles. The lowest BCUT2D eigenvalue weighted by molar-refractivity contribution is 0.467. The zero-order valence-corrected chi connectivity index (χ0v) is 8.46. The van der Waals surface area contributed by atoms with Gasteiger partial charge in [0.2, 0.25) is 0 Å². The molecule has 0 saturated carbocycles. The summed E-state index contributed by atoms with van der Waals surface area (Å²) in [6.45, 7) is 1.65. The van der Waals surface area contributed by atoms with Gasteiger partial charge < -0.3 is 4.42 Å². The third-order valence-corrected chi connectivity index (χ3v) is 2.36. The zero-order valence-electron chi connectivity index (χ0n) is 6.87. The third kappa shape index (κ3) is 1.37. The Balaban J connectivity index is 3.03. The highest BCUT2D eigenvalue weighted by Crippen LogP contribution is 2.19. The predicted molar refractivity (Wildman–Crippen MR) is 52.7 cm³/mol. The van der Waals surface area contributed by atoms with Crippen molar-refractivity contribution >= 4 is 26.8 Å². The minimum atomic E-state index is -0.344. The quantitative estimate of drug-likeness (QED) is 0.709. The van der Waals surface area contributed by atoms with Crippen LogP contribution in [0.25, 0.3) is 10.9 Å². The first-order valence-electron chi connectivity index (χ1n) is 3.74. The Kier molecular flexibility index (Phi) is 1.92. The fraction of sp³-hybridized carbons (Fsp3) is 0.111. The molecule has 0 aliphatic heterocycles. The minimum absolute atomic E-state index is 0.344. The van der Waals surface area contributed by atoms with Crippen molar-refractivity contribution in [2.45, 2.75) is 6.92 Å². The van der Waals surface area contributed by atoms with Gasteiger partial charge in [0.25, 0.3) is 0 Å². The molecule has 0 bridgehead atoms. The number of para-hydroxylation sites is 1. The van der Waals surface area contributed by atoms with E-state index in [1.807, 2.05) is 6.07 Å². The van der Waals surface area contributed by atoms with Crippen LogP contribution in [-0.2, 0) is 0 Å². The molecule has 4 heteroatoms. The molecule has 1 aromatic heterocycles. The molecule has 0 fully saturated rings. The summed E-state index contributed by atoms with van der Waals surface area (Å²) < 4.78 is 5.66. The van der Waals surface area contributed by atoms with Crippen molar-refractivity contribution in [2.75, 3.05) is 0 Å². The first-order valence-corrected chi connectivity index (χ1v) is 4.54. The van der Waals surface area contributed by atoms with Gasteiger partial charge in [-0.15, -0.1) is 0 Å². The molecule has 0 unspecified atom stereocenters. The summed E-state index contributed by atoms with van der Waals surface area (Å²) in [5.41, 5.74) is 0.306. The number of aryl methyl sites for hydroxylation is 1. The number of benzene rings is 1. The molecule has 0 aliphatic rings. The largest absolute Gasteiger partial charge is 0.408 e. The van der Waals surface area contributed by atoms with E-state index >= 15 is 0 Å². The summed E-state index contributed by atoms with van der Waals surface area (Å²) >= 11 is 3.32. The summed E-state index contributed by atoms with van der Waals surface area (Å²) in [6.07, 6.45) is 0. The van der Waals surface area contributed by atoms with Crippen molar-refractivity contribution in [1.29, 1.82) is 0 Å². The topological polar surface area (TPSA) is 43.1 Å². The second-order valence-electron chi connectivity index (χ2n) is 2.66. The van der Waals surface area contributed by atoms with Crippen LogP contribution in [0, 0.1) is 6.92 Å². The van der Waals surface area contributed by atoms with Gasteiger partial charge in [0.15, 0.2) is 5.89 Å². The van der Waals surface area contributed by atoms with Crippen LogP contribution in [0.5, 0.6) is 0 Å². The summed E-state index contributed by atoms with van der Waals surface area (Å²) in [7, 11) is 0. The SMILES string of the molecule is Cc1nc2c(Br)cccc2c(=O)o1. The van der Waals surface area contributed by atoms with Gasteiger partial charge >= 0.3 is 5.63 Å². The van der Waals surface area contributed by atoms with Crippen LogP contribution in [0.2, 0.25) is 0 Å². The Bertz CT molecular complexity index is 518. The molecule has 13 heavy (non-hydrogen) atoms. The number of halogens is 1. The fourth-order valence-electron chi connectivity index (χ4n) is 1.16. The number of aromatic nitrogens is 1. The Hall–Kier alpha value is -1.16. The lowest BCUT2D eigenvalue weighted by Gasteiger charge is -1.98. The minimum Gasteiger partial charge on any atom is -0.408 e. The average molecular weight is 240 g/mol. The molecule has 0 amide bonds. The molecule has 0 spiro atoms. The Morgan fingerprint density at radius 3 is 3.00 bits per heavy atom.